The topological polar surface area (TPSA) is 136 Å². The molecule has 3 amide bonds. The first-order valence-corrected chi connectivity index (χ1v) is 11.4. The van der Waals surface area contributed by atoms with Crippen LogP contribution in [0.1, 0.15) is 66.5 Å². The maximum atomic E-state index is 13.7. The van der Waals surface area contributed by atoms with E-state index in [4.69, 9.17) is 10.3 Å². The lowest BCUT2D eigenvalue weighted by Crippen LogP contribution is -2.58. The lowest BCUT2D eigenvalue weighted by atomic mass is 9.85. The van der Waals surface area contributed by atoms with E-state index in [1.165, 1.54) is 4.90 Å². The quantitative estimate of drug-likeness (QED) is 0.366. The van der Waals surface area contributed by atoms with Gasteiger partial charge in [-0.2, -0.15) is 0 Å². The summed E-state index contributed by atoms with van der Waals surface area (Å²) in [5.41, 5.74) is 8.45. The monoisotopic (exact) mass is 472 g/mol. The Morgan fingerprint density at radius 3 is 2.26 bits per heavy atom. The molecule has 1 aromatic carbocycles. The van der Waals surface area contributed by atoms with E-state index in [2.05, 4.69) is 20.7 Å². The maximum Gasteiger partial charge on any atom is 0.408 e. The van der Waals surface area contributed by atoms with Gasteiger partial charge in [-0.25, -0.2) is 4.79 Å². The number of hydrogen-bond acceptors (Lipinski definition) is 5. The molecule has 186 valence electrons. The highest BCUT2D eigenvalue weighted by atomic mass is 16.6. The predicted molar refractivity (Wildman–Crippen MR) is 129 cm³/mol. The number of nitrogens with one attached hydrogen (secondary N) is 2. The van der Waals surface area contributed by atoms with E-state index in [-0.39, 0.29) is 24.9 Å². The normalized spacial score (nSPS) is 20.0. The molecule has 0 spiro atoms. The van der Waals surface area contributed by atoms with Crippen LogP contribution in [-0.2, 0) is 14.3 Å². The second-order valence-corrected chi connectivity index (χ2v) is 10.7. The highest BCUT2D eigenvalue weighted by Crippen LogP contribution is 2.28. The van der Waals surface area contributed by atoms with Crippen LogP contribution < -0.4 is 10.6 Å². The maximum absolute atomic E-state index is 13.7. The predicted octanol–water partition coefficient (Wildman–Crippen LogP) is 4.08. The van der Waals surface area contributed by atoms with Crippen LogP contribution in [0.15, 0.2) is 35.4 Å². The van der Waals surface area contributed by atoms with E-state index in [0.717, 1.165) is 5.56 Å². The first-order chi connectivity index (χ1) is 15.7. The molecule has 1 aliphatic rings. The van der Waals surface area contributed by atoms with Crippen molar-refractivity contribution < 1.29 is 19.1 Å². The number of alkyl carbamates (subject to hydrolysis) is 1. The Balaban J connectivity index is 2.27. The third-order valence-corrected chi connectivity index (χ3v) is 5.51. The second kappa shape index (κ2) is 10.8. The summed E-state index contributed by atoms with van der Waals surface area (Å²) >= 11 is 0. The molecule has 1 aliphatic heterocycles. The van der Waals surface area contributed by atoms with E-state index < -0.39 is 41.1 Å². The van der Waals surface area contributed by atoms with Crippen molar-refractivity contribution in [3.63, 3.8) is 0 Å². The largest absolute Gasteiger partial charge is 0.444 e. The van der Waals surface area contributed by atoms with Crippen molar-refractivity contribution in [2.75, 3.05) is 6.54 Å². The fourth-order valence-corrected chi connectivity index (χ4v) is 3.84. The van der Waals surface area contributed by atoms with Gasteiger partial charge in [0, 0.05) is 11.5 Å². The number of azide groups is 1. The summed E-state index contributed by atoms with van der Waals surface area (Å²) in [5.74, 6) is -0.771. The summed E-state index contributed by atoms with van der Waals surface area (Å²) < 4.78 is 5.35. The number of ether oxygens (including phenoxy) is 1. The van der Waals surface area contributed by atoms with Crippen molar-refractivity contribution in [2.45, 2.75) is 84.7 Å². The van der Waals surface area contributed by atoms with Crippen molar-refractivity contribution in [3.05, 3.63) is 46.3 Å². The Kier molecular flexibility index (Phi) is 8.56. The molecule has 34 heavy (non-hydrogen) atoms. The third-order valence-electron chi connectivity index (χ3n) is 5.51. The van der Waals surface area contributed by atoms with Crippen LogP contribution in [0.2, 0.25) is 0 Å². The van der Waals surface area contributed by atoms with E-state index in [1.807, 2.05) is 58.0 Å². The second-order valence-electron chi connectivity index (χ2n) is 10.7. The molecule has 2 N–H and O–H groups in total. The van der Waals surface area contributed by atoms with Crippen LogP contribution in [-0.4, -0.2) is 53.1 Å². The summed E-state index contributed by atoms with van der Waals surface area (Å²) in [7, 11) is 0. The number of likely N-dealkylation sites (tertiary alicyclic amines) is 1. The first-order valence-electron chi connectivity index (χ1n) is 11.4. The van der Waals surface area contributed by atoms with Gasteiger partial charge in [0.1, 0.15) is 17.7 Å². The Morgan fingerprint density at radius 2 is 1.74 bits per heavy atom. The van der Waals surface area contributed by atoms with Gasteiger partial charge in [-0.1, -0.05) is 56.2 Å². The van der Waals surface area contributed by atoms with Gasteiger partial charge in [0.2, 0.25) is 11.8 Å². The van der Waals surface area contributed by atoms with Crippen molar-refractivity contribution in [1.82, 2.24) is 15.5 Å². The summed E-state index contributed by atoms with van der Waals surface area (Å²) in [6.07, 6.45) is -0.517. The number of benzene rings is 1. The zero-order chi connectivity index (χ0) is 25.7. The van der Waals surface area contributed by atoms with Gasteiger partial charge in [-0.05, 0) is 50.6 Å². The van der Waals surface area contributed by atoms with Gasteiger partial charge in [0.15, 0.2) is 0 Å². The van der Waals surface area contributed by atoms with E-state index in [1.54, 1.807) is 20.8 Å². The van der Waals surface area contributed by atoms with Gasteiger partial charge < -0.3 is 20.3 Å². The molecule has 2 rings (SSSR count). The van der Waals surface area contributed by atoms with Crippen LogP contribution in [0.25, 0.3) is 10.4 Å². The fraction of sp³-hybridized carbons (Fsp3) is 0.625. The van der Waals surface area contributed by atoms with Crippen LogP contribution in [0.5, 0.6) is 0 Å². The van der Waals surface area contributed by atoms with Crippen molar-refractivity contribution >= 4 is 17.9 Å². The van der Waals surface area contributed by atoms with E-state index >= 15 is 0 Å². The number of amides is 3. The lowest BCUT2D eigenvalue weighted by molar-refractivity contribution is -0.142. The highest BCUT2D eigenvalue weighted by Gasteiger charge is 2.45. The van der Waals surface area contributed by atoms with Crippen LogP contribution in [0.3, 0.4) is 0 Å². The lowest BCUT2D eigenvalue weighted by Gasteiger charge is -2.36. The molecule has 0 bridgehead atoms. The zero-order valence-electron chi connectivity index (χ0n) is 21.0. The van der Waals surface area contributed by atoms with Crippen molar-refractivity contribution in [1.29, 1.82) is 0 Å². The van der Waals surface area contributed by atoms with Gasteiger partial charge in [0.05, 0.1) is 12.1 Å². The molecule has 1 aromatic rings. The molecule has 10 nitrogen and oxygen atoms in total. The highest BCUT2D eigenvalue weighted by molar-refractivity contribution is 5.92. The molecule has 0 saturated carbocycles. The van der Waals surface area contributed by atoms with E-state index in [9.17, 15) is 14.4 Å². The average molecular weight is 473 g/mol. The number of rotatable bonds is 6. The van der Waals surface area contributed by atoms with Crippen molar-refractivity contribution in [3.8, 4) is 0 Å². The minimum Gasteiger partial charge on any atom is -0.444 e. The molecule has 4 atom stereocenters. The summed E-state index contributed by atoms with van der Waals surface area (Å²) in [6.45, 7) is 12.6. The average Bonchev–Trinajstić information content (AvgIpc) is 3.14. The Bertz CT molecular complexity index is 931. The van der Waals surface area contributed by atoms with Gasteiger partial charge >= 0.3 is 6.09 Å². The minimum absolute atomic E-state index is 0.0866. The summed E-state index contributed by atoms with van der Waals surface area (Å²) in [5, 5.41) is 9.38. The molecular weight excluding hydrogens is 436 g/mol. The number of carbonyl (C=O) groups excluding carboxylic acids is 3. The first kappa shape index (κ1) is 27.0. The zero-order valence-corrected chi connectivity index (χ0v) is 21.0. The molecule has 1 heterocycles. The number of hydrogen-bond donors (Lipinski definition) is 2. The van der Waals surface area contributed by atoms with E-state index in [0.29, 0.717) is 0 Å². The number of nitrogens with zero attached hydrogens (tertiary/aromatic N) is 4. The molecule has 0 aliphatic carbocycles. The van der Waals surface area contributed by atoms with Crippen LogP contribution in [0, 0.1) is 5.41 Å². The number of carbonyl (C=O) groups is 3. The summed E-state index contributed by atoms with van der Waals surface area (Å²) in [4.78, 5) is 43.6. The SMILES string of the molecule is C[C@@H](NC(=O)[C@@H]1C[C@H](N=[N+]=[N-])CN1C(=O)[C@@H](NC(=O)OC(C)(C)C)C(C)(C)C)c1ccccc1. The van der Waals surface area contributed by atoms with Crippen LogP contribution >= 0.6 is 0 Å². The van der Waals surface area contributed by atoms with Gasteiger partial charge in [-0.15, -0.1) is 0 Å². The molecule has 10 heteroatoms. The standard InChI is InChI=1S/C24H36N6O4/c1-15(16-11-9-8-10-12-16)26-20(31)18-13-17(28-29-25)14-30(18)21(32)19(23(2,3)4)27-22(33)34-24(5,6)7/h8-12,15,17-19H,13-14H2,1-7H3,(H,26,31)(H,27,33)/t15-,17+,18+,19-/m1/s1. The summed E-state index contributed by atoms with van der Waals surface area (Å²) in [6, 6.07) is 6.88. The minimum atomic E-state index is -0.950. The molecule has 0 aromatic heterocycles. The fourth-order valence-electron chi connectivity index (χ4n) is 3.84. The Morgan fingerprint density at radius 1 is 1.12 bits per heavy atom. The molecule has 0 radical (unpaired) electrons. The smallest absolute Gasteiger partial charge is 0.408 e. The molecule has 0 unspecified atom stereocenters. The molecule has 1 saturated heterocycles. The molecular formula is C24H36N6O4. The molecule has 1 fully saturated rings. The van der Waals surface area contributed by atoms with Gasteiger partial charge in [-0.3, -0.25) is 9.59 Å². The third kappa shape index (κ3) is 7.38. The van der Waals surface area contributed by atoms with Gasteiger partial charge in [0.25, 0.3) is 0 Å². The van der Waals surface area contributed by atoms with Crippen LogP contribution in [0.4, 0.5) is 4.79 Å². The Labute approximate surface area is 201 Å². The van der Waals surface area contributed by atoms with Crippen molar-refractivity contribution in [2.24, 2.45) is 10.5 Å². The Hall–Kier alpha value is -3.26.